The number of aromatic nitrogens is 2. The van der Waals surface area contributed by atoms with Crippen molar-refractivity contribution in [2.24, 2.45) is 0 Å². The summed E-state index contributed by atoms with van der Waals surface area (Å²) in [6, 6.07) is 12.6. The number of hydrogen-bond acceptors (Lipinski definition) is 4. The van der Waals surface area contributed by atoms with Gasteiger partial charge >= 0.3 is 6.18 Å². The van der Waals surface area contributed by atoms with Crippen LogP contribution >= 0.6 is 0 Å². The van der Waals surface area contributed by atoms with Crippen LogP contribution in [-0.2, 0) is 23.8 Å². The fourth-order valence-electron chi connectivity index (χ4n) is 4.45. The van der Waals surface area contributed by atoms with Gasteiger partial charge < -0.3 is 10.1 Å². The third-order valence-corrected chi connectivity index (χ3v) is 6.38. The summed E-state index contributed by atoms with van der Waals surface area (Å²) < 4.78 is 61.4. The van der Waals surface area contributed by atoms with E-state index in [1.165, 1.54) is 17.7 Å². The molecular formula is C29H29F4N3O. The second-order valence-electron chi connectivity index (χ2n) is 9.14. The van der Waals surface area contributed by atoms with E-state index in [4.69, 9.17) is 4.74 Å². The monoisotopic (exact) mass is 511 g/mol. The molecule has 0 saturated heterocycles. The number of ether oxygens (including phenoxy) is 1. The van der Waals surface area contributed by atoms with Gasteiger partial charge in [0, 0.05) is 25.8 Å². The summed E-state index contributed by atoms with van der Waals surface area (Å²) in [7, 11) is 1.58. The lowest BCUT2D eigenvalue weighted by Crippen LogP contribution is -2.12. The minimum atomic E-state index is -4.65. The van der Waals surface area contributed by atoms with Crippen molar-refractivity contribution < 1.29 is 22.3 Å². The summed E-state index contributed by atoms with van der Waals surface area (Å²) in [6.07, 6.45) is 4.12. The zero-order chi connectivity index (χ0) is 26.4. The molecule has 4 nitrogen and oxygen atoms in total. The van der Waals surface area contributed by atoms with E-state index in [0.29, 0.717) is 19.4 Å². The van der Waals surface area contributed by atoms with E-state index < -0.39 is 17.6 Å². The van der Waals surface area contributed by atoms with Gasteiger partial charge in [0.25, 0.3) is 0 Å². The van der Waals surface area contributed by atoms with Gasteiger partial charge in [-0.1, -0.05) is 48.1 Å². The van der Waals surface area contributed by atoms with Gasteiger partial charge in [0.2, 0.25) is 5.95 Å². The molecule has 1 aliphatic carbocycles. The highest BCUT2D eigenvalue weighted by Crippen LogP contribution is 2.34. The Morgan fingerprint density at radius 1 is 1.14 bits per heavy atom. The minimum absolute atomic E-state index is 0.111. The SMILES string of the molecule is COCCC(/C=C/c1nc(Nc2cc3c(cc2F)CCC=C(C)C3)ncc1C(F)(F)F)c1ccccc1. The molecule has 1 N–H and O–H groups in total. The van der Waals surface area contributed by atoms with Crippen molar-refractivity contribution in [3.8, 4) is 0 Å². The Balaban J connectivity index is 1.66. The first kappa shape index (κ1) is 26.5. The third kappa shape index (κ3) is 6.83. The number of allylic oxidation sites excluding steroid dienone is 3. The summed E-state index contributed by atoms with van der Waals surface area (Å²) in [6.45, 7) is 2.47. The fourth-order valence-corrected chi connectivity index (χ4v) is 4.45. The van der Waals surface area contributed by atoms with E-state index in [0.717, 1.165) is 35.7 Å². The quantitative estimate of drug-likeness (QED) is 0.249. The van der Waals surface area contributed by atoms with Crippen molar-refractivity contribution >= 4 is 17.7 Å². The average molecular weight is 512 g/mol. The first-order chi connectivity index (χ1) is 17.7. The van der Waals surface area contributed by atoms with Gasteiger partial charge in [0.15, 0.2) is 0 Å². The first-order valence-corrected chi connectivity index (χ1v) is 12.1. The molecule has 0 aliphatic heterocycles. The van der Waals surface area contributed by atoms with Crippen molar-refractivity contribution in [3.05, 3.63) is 100 Å². The molecule has 1 aromatic heterocycles. The molecule has 0 amide bonds. The van der Waals surface area contributed by atoms with Crippen molar-refractivity contribution in [2.45, 2.75) is 44.7 Å². The number of nitrogens with zero attached hydrogens (tertiary/aromatic N) is 2. The van der Waals surface area contributed by atoms with Gasteiger partial charge in [-0.25, -0.2) is 14.4 Å². The number of benzene rings is 2. The van der Waals surface area contributed by atoms with Crippen molar-refractivity contribution in [1.82, 2.24) is 9.97 Å². The van der Waals surface area contributed by atoms with Crippen LogP contribution in [0.5, 0.6) is 0 Å². The summed E-state index contributed by atoms with van der Waals surface area (Å²) in [5, 5.41) is 2.79. The molecule has 0 spiro atoms. The predicted octanol–water partition coefficient (Wildman–Crippen LogP) is 7.65. The van der Waals surface area contributed by atoms with E-state index in [2.05, 4.69) is 21.4 Å². The lowest BCUT2D eigenvalue weighted by Gasteiger charge is -2.15. The number of methoxy groups -OCH3 is 1. The summed E-state index contributed by atoms with van der Waals surface area (Å²) in [5.41, 5.74) is 2.92. The summed E-state index contributed by atoms with van der Waals surface area (Å²) in [4.78, 5) is 7.98. The molecule has 1 aliphatic rings. The van der Waals surface area contributed by atoms with Crippen LogP contribution in [-0.4, -0.2) is 23.7 Å². The Labute approximate surface area is 214 Å². The molecule has 0 saturated carbocycles. The number of rotatable bonds is 8. The Bertz CT molecular complexity index is 1290. The Morgan fingerprint density at radius 3 is 2.65 bits per heavy atom. The lowest BCUT2D eigenvalue weighted by atomic mass is 9.95. The summed E-state index contributed by atoms with van der Waals surface area (Å²) in [5.74, 6) is -0.782. The second kappa shape index (κ2) is 11.7. The molecule has 1 atom stereocenters. The van der Waals surface area contributed by atoms with Gasteiger partial charge in [-0.3, -0.25) is 0 Å². The Hall–Kier alpha value is -3.52. The number of halogens is 4. The van der Waals surface area contributed by atoms with Crippen LogP contribution in [0.2, 0.25) is 0 Å². The van der Waals surface area contributed by atoms with Crippen molar-refractivity contribution in [1.29, 1.82) is 0 Å². The average Bonchev–Trinajstić information content (AvgIpc) is 3.04. The topological polar surface area (TPSA) is 47.0 Å². The summed E-state index contributed by atoms with van der Waals surface area (Å²) >= 11 is 0. The number of alkyl halides is 3. The van der Waals surface area contributed by atoms with Gasteiger partial charge in [-0.15, -0.1) is 0 Å². The zero-order valence-corrected chi connectivity index (χ0v) is 20.8. The van der Waals surface area contributed by atoms with E-state index in [1.54, 1.807) is 19.3 Å². The highest BCUT2D eigenvalue weighted by atomic mass is 19.4. The van der Waals surface area contributed by atoms with Crippen LogP contribution in [0, 0.1) is 5.82 Å². The second-order valence-corrected chi connectivity index (χ2v) is 9.14. The fraction of sp³-hybridized carbons (Fsp3) is 0.310. The largest absolute Gasteiger partial charge is 0.419 e. The highest BCUT2D eigenvalue weighted by molar-refractivity contribution is 5.60. The maximum absolute atomic E-state index is 14.9. The van der Waals surface area contributed by atoms with Crippen LogP contribution < -0.4 is 5.32 Å². The van der Waals surface area contributed by atoms with Crippen LogP contribution in [0.4, 0.5) is 29.2 Å². The van der Waals surface area contributed by atoms with Crippen LogP contribution in [0.3, 0.4) is 0 Å². The molecule has 1 heterocycles. The number of aryl methyl sites for hydroxylation is 1. The molecule has 3 aromatic rings. The Kier molecular flexibility index (Phi) is 8.38. The third-order valence-electron chi connectivity index (χ3n) is 6.38. The molecule has 2 aromatic carbocycles. The first-order valence-electron chi connectivity index (χ1n) is 12.1. The minimum Gasteiger partial charge on any atom is -0.385 e. The standard InChI is InChI=1S/C29H29F4N3O/c1-19-7-6-10-22-16-25(30)27(17-23(22)15-19)36-28-34-18-24(29(31,32)33)26(35-28)12-11-21(13-14-37-2)20-8-4-3-5-9-20/h3-5,7-9,11-12,16-18,21H,6,10,13-15H2,1-2H3,(H,34,35,36)/b12-11+. The number of anilines is 2. The smallest absolute Gasteiger partial charge is 0.385 e. The van der Waals surface area contributed by atoms with Crippen LogP contribution in [0.15, 0.2) is 66.4 Å². The Morgan fingerprint density at radius 2 is 1.92 bits per heavy atom. The van der Waals surface area contributed by atoms with E-state index in [-0.39, 0.29) is 23.2 Å². The lowest BCUT2D eigenvalue weighted by molar-refractivity contribution is -0.138. The maximum atomic E-state index is 14.9. The van der Waals surface area contributed by atoms with Gasteiger partial charge in [0.1, 0.15) is 5.82 Å². The van der Waals surface area contributed by atoms with Gasteiger partial charge in [0.05, 0.1) is 16.9 Å². The molecule has 0 bridgehead atoms. The molecule has 194 valence electrons. The zero-order valence-electron chi connectivity index (χ0n) is 20.8. The molecule has 0 radical (unpaired) electrons. The van der Waals surface area contributed by atoms with E-state index >= 15 is 0 Å². The normalized spacial score (nSPS) is 14.7. The molecule has 4 rings (SSSR count). The van der Waals surface area contributed by atoms with E-state index in [9.17, 15) is 17.6 Å². The van der Waals surface area contributed by atoms with Crippen molar-refractivity contribution in [3.63, 3.8) is 0 Å². The van der Waals surface area contributed by atoms with Gasteiger partial charge in [-0.2, -0.15) is 13.2 Å². The molecule has 37 heavy (non-hydrogen) atoms. The van der Waals surface area contributed by atoms with E-state index in [1.807, 2.05) is 37.3 Å². The predicted molar refractivity (Wildman–Crippen MR) is 137 cm³/mol. The van der Waals surface area contributed by atoms with Crippen molar-refractivity contribution in [2.75, 3.05) is 19.0 Å². The maximum Gasteiger partial charge on any atom is 0.419 e. The van der Waals surface area contributed by atoms with Crippen LogP contribution in [0.25, 0.3) is 6.08 Å². The molecule has 1 unspecified atom stereocenters. The highest BCUT2D eigenvalue weighted by Gasteiger charge is 2.34. The molecule has 0 fully saturated rings. The number of fused-ring (bicyclic) bond motifs is 1. The van der Waals surface area contributed by atoms with Gasteiger partial charge in [-0.05, 0) is 67.5 Å². The molecule has 8 heteroatoms. The number of nitrogens with one attached hydrogen (secondary N) is 1. The number of hydrogen-bond donors (Lipinski definition) is 1. The molecular weight excluding hydrogens is 482 g/mol. The van der Waals surface area contributed by atoms with Crippen LogP contribution in [0.1, 0.15) is 53.6 Å².